The molecule has 0 atom stereocenters. The summed E-state index contributed by atoms with van der Waals surface area (Å²) in [6.07, 6.45) is 3.85. The smallest absolute Gasteiger partial charge is 0.223 e. The molecule has 0 aliphatic heterocycles. The van der Waals surface area contributed by atoms with E-state index in [0.29, 0.717) is 28.8 Å². The first-order valence-electron chi connectivity index (χ1n) is 10.5. The maximum Gasteiger partial charge on any atom is 0.223 e. The summed E-state index contributed by atoms with van der Waals surface area (Å²) < 4.78 is 7.06. The number of fused-ring (bicyclic) bond motifs is 3. The molecule has 1 fully saturated rings. The van der Waals surface area contributed by atoms with E-state index in [1.54, 1.807) is 11.6 Å². The van der Waals surface area contributed by atoms with E-state index in [-0.39, 0.29) is 5.92 Å². The highest BCUT2D eigenvalue weighted by Gasteiger charge is 2.36. The van der Waals surface area contributed by atoms with Crippen LogP contribution in [0.2, 0.25) is 0 Å². The molecule has 160 valence electrons. The minimum absolute atomic E-state index is 0.276. The van der Waals surface area contributed by atoms with Crippen LogP contribution in [0.15, 0.2) is 30.5 Å². The molecule has 8 heteroatoms. The van der Waals surface area contributed by atoms with Gasteiger partial charge in [0.05, 0.1) is 7.11 Å². The van der Waals surface area contributed by atoms with Gasteiger partial charge in [0.1, 0.15) is 11.3 Å². The van der Waals surface area contributed by atoms with Crippen LogP contribution in [-0.4, -0.2) is 31.7 Å². The molecule has 1 aliphatic carbocycles. The van der Waals surface area contributed by atoms with Crippen molar-refractivity contribution in [1.82, 2.24) is 24.6 Å². The Bertz CT molecular complexity index is 1300. The largest absolute Gasteiger partial charge is 0.494 e. The van der Waals surface area contributed by atoms with Crippen LogP contribution in [0.5, 0.6) is 5.75 Å². The molecular weight excluding hydrogens is 390 g/mol. The van der Waals surface area contributed by atoms with Crippen LogP contribution >= 0.6 is 0 Å². The lowest BCUT2D eigenvalue weighted by Crippen LogP contribution is -2.30. The lowest BCUT2D eigenvalue weighted by Gasteiger charge is -2.33. The van der Waals surface area contributed by atoms with Crippen molar-refractivity contribution in [2.45, 2.75) is 51.0 Å². The SMILES string of the molecule is COc1cccc2c1nc(N)n1nc([C@H]3C[C@H](c4cc(C)c(C(C)(C)N)cn4)C3)nc21. The first kappa shape index (κ1) is 19.7. The first-order valence-corrected chi connectivity index (χ1v) is 10.5. The number of ether oxygens (including phenoxy) is 1. The van der Waals surface area contributed by atoms with Crippen molar-refractivity contribution in [2.75, 3.05) is 12.8 Å². The first-order chi connectivity index (χ1) is 14.8. The molecule has 1 saturated carbocycles. The molecule has 5 rings (SSSR count). The monoisotopic (exact) mass is 417 g/mol. The second kappa shape index (κ2) is 6.88. The minimum atomic E-state index is -0.391. The van der Waals surface area contributed by atoms with Gasteiger partial charge in [0.25, 0.3) is 0 Å². The number of nitrogens with zero attached hydrogens (tertiary/aromatic N) is 5. The number of nitrogen functional groups attached to an aromatic ring is 1. The number of aryl methyl sites for hydroxylation is 1. The quantitative estimate of drug-likeness (QED) is 0.522. The zero-order chi connectivity index (χ0) is 21.9. The molecule has 0 spiro atoms. The number of rotatable bonds is 4. The molecule has 8 nitrogen and oxygen atoms in total. The molecule has 0 amide bonds. The van der Waals surface area contributed by atoms with E-state index >= 15 is 0 Å². The van der Waals surface area contributed by atoms with Crippen LogP contribution in [0.1, 0.15) is 61.2 Å². The number of aromatic nitrogens is 5. The molecule has 31 heavy (non-hydrogen) atoms. The van der Waals surface area contributed by atoms with Crippen LogP contribution in [0.4, 0.5) is 5.95 Å². The van der Waals surface area contributed by atoms with Gasteiger partial charge in [0.15, 0.2) is 11.5 Å². The number of pyridine rings is 1. The Balaban J connectivity index is 1.43. The Morgan fingerprint density at radius 2 is 1.94 bits per heavy atom. The Morgan fingerprint density at radius 1 is 1.16 bits per heavy atom. The number of hydrogen-bond acceptors (Lipinski definition) is 7. The molecule has 0 saturated heterocycles. The lowest BCUT2D eigenvalue weighted by molar-refractivity contribution is 0.332. The molecule has 3 aromatic heterocycles. The lowest BCUT2D eigenvalue weighted by atomic mass is 9.72. The van der Waals surface area contributed by atoms with E-state index in [2.05, 4.69) is 23.1 Å². The summed E-state index contributed by atoms with van der Waals surface area (Å²) >= 11 is 0. The molecule has 3 heterocycles. The average Bonchev–Trinajstić information content (AvgIpc) is 3.11. The van der Waals surface area contributed by atoms with Gasteiger partial charge in [-0.1, -0.05) is 6.07 Å². The van der Waals surface area contributed by atoms with Crippen molar-refractivity contribution >= 4 is 22.5 Å². The Kier molecular flexibility index (Phi) is 4.37. The van der Waals surface area contributed by atoms with E-state index in [9.17, 15) is 0 Å². The van der Waals surface area contributed by atoms with E-state index in [4.69, 9.17) is 26.2 Å². The fraction of sp³-hybridized carbons (Fsp3) is 0.391. The van der Waals surface area contributed by atoms with E-state index < -0.39 is 5.54 Å². The number of hydrogen-bond donors (Lipinski definition) is 2. The van der Waals surface area contributed by atoms with Crippen molar-refractivity contribution in [3.8, 4) is 5.75 Å². The molecule has 4 N–H and O–H groups in total. The van der Waals surface area contributed by atoms with Crippen LogP contribution in [-0.2, 0) is 5.54 Å². The van der Waals surface area contributed by atoms with Crippen molar-refractivity contribution in [1.29, 1.82) is 0 Å². The third-order valence-corrected chi connectivity index (χ3v) is 6.27. The van der Waals surface area contributed by atoms with Crippen LogP contribution in [0.25, 0.3) is 16.6 Å². The Labute approximate surface area is 180 Å². The van der Waals surface area contributed by atoms with E-state index in [0.717, 1.165) is 35.3 Å². The van der Waals surface area contributed by atoms with Crippen LogP contribution < -0.4 is 16.2 Å². The van der Waals surface area contributed by atoms with Gasteiger partial charge in [0.2, 0.25) is 5.95 Å². The zero-order valence-electron chi connectivity index (χ0n) is 18.3. The van der Waals surface area contributed by atoms with Crippen LogP contribution in [0, 0.1) is 6.92 Å². The third kappa shape index (κ3) is 3.18. The third-order valence-electron chi connectivity index (χ3n) is 6.27. The summed E-state index contributed by atoms with van der Waals surface area (Å²) in [7, 11) is 1.62. The van der Waals surface area contributed by atoms with Gasteiger partial charge in [-0.05, 0) is 62.9 Å². The van der Waals surface area contributed by atoms with Crippen molar-refractivity contribution < 1.29 is 4.74 Å². The maximum absolute atomic E-state index is 6.25. The predicted octanol–water partition coefficient (Wildman–Crippen LogP) is 3.43. The fourth-order valence-electron chi connectivity index (χ4n) is 4.53. The summed E-state index contributed by atoms with van der Waals surface area (Å²) in [6.45, 7) is 6.11. The fourth-order valence-corrected chi connectivity index (χ4v) is 4.53. The number of methoxy groups -OCH3 is 1. The number of nitrogens with two attached hydrogens (primary N) is 2. The molecule has 0 bridgehead atoms. The maximum atomic E-state index is 6.25. The molecular formula is C23H27N7O. The average molecular weight is 418 g/mol. The van der Waals surface area contributed by atoms with Gasteiger partial charge in [-0.15, -0.1) is 5.10 Å². The summed E-state index contributed by atoms with van der Waals surface area (Å²) in [4.78, 5) is 14.0. The van der Waals surface area contributed by atoms with Gasteiger partial charge < -0.3 is 16.2 Å². The predicted molar refractivity (Wildman–Crippen MR) is 120 cm³/mol. The molecule has 1 aromatic carbocycles. The summed E-state index contributed by atoms with van der Waals surface area (Å²) in [6, 6.07) is 7.93. The molecule has 0 unspecified atom stereocenters. The molecule has 0 radical (unpaired) electrons. The van der Waals surface area contributed by atoms with E-state index in [1.807, 2.05) is 38.2 Å². The molecule has 4 aromatic rings. The number of para-hydroxylation sites is 1. The van der Waals surface area contributed by atoms with Gasteiger partial charge >= 0.3 is 0 Å². The minimum Gasteiger partial charge on any atom is -0.494 e. The summed E-state index contributed by atoms with van der Waals surface area (Å²) in [5.74, 6) is 2.45. The number of anilines is 1. The standard InChI is InChI=1S/C23H27N7O/c1-12-8-17(26-11-16(12)23(2,3)25)13-9-14(10-13)20-28-21-15-6-5-7-18(31-4)19(15)27-22(24)30(21)29-20/h5-8,11,13-14H,9-10,25H2,1-4H3,(H2,24,27)/t13-,14-. The summed E-state index contributed by atoms with van der Waals surface area (Å²) in [5, 5.41) is 5.55. The second-order valence-corrected chi connectivity index (χ2v) is 9.04. The Morgan fingerprint density at radius 3 is 2.61 bits per heavy atom. The topological polar surface area (TPSA) is 117 Å². The van der Waals surface area contributed by atoms with E-state index in [1.165, 1.54) is 5.56 Å². The van der Waals surface area contributed by atoms with Gasteiger partial charge in [-0.25, -0.2) is 9.97 Å². The van der Waals surface area contributed by atoms with Gasteiger partial charge in [-0.3, -0.25) is 4.98 Å². The van der Waals surface area contributed by atoms with Gasteiger partial charge in [0, 0.05) is 34.7 Å². The highest BCUT2D eigenvalue weighted by molar-refractivity contribution is 5.95. The summed E-state index contributed by atoms with van der Waals surface area (Å²) in [5.41, 5.74) is 16.8. The van der Waals surface area contributed by atoms with Crippen molar-refractivity contribution in [3.05, 3.63) is 53.1 Å². The Hall–Kier alpha value is -3.26. The molecule has 1 aliphatic rings. The van der Waals surface area contributed by atoms with Crippen molar-refractivity contribution in [3.63, 3.8) is 0 Å². The zero-order valence-corrected chi connectivity index (χ0v) is 18.3. The van der Waals surface area contributed by atoms with Crippen LogP contribution in [0.3, 0.4) is 0 Å². The highest BCUT2D eigenvalue weighted by Crippen LogP contribution is 2.46. The number of benzene rings is 1. The van der Waals surface area contributed by atoms with Gasteiger partial charge in [-0.2, -0.15) is 4.52 Å². The second-order valence-electron chi connectivity index (χ2n) is 9.04. The normalized spacial score (nSPS) is 19.0. The highest BCUT2D eigenvalue weighted by atomic mass is 16.5. The van der Waals surface area contributed by atoms with Crippen molar-refractivity contribution in [2.24, 2.45) is 5.73 Å².